The summed E-state index contributed by atoms with van der Waals surface area (Å²) in [5, 5.41) is 8.96. The van der Waals surface area contributed by atoms with Crippen molar-refractivity contribution in [1.29, 1.82) is 0 Å². The smallest absolute Gasteiger partial charge is 0.303 e. The summed E-state index contributed by atoms with van der Waals surface area (Å²) in [5.41, 5.74) is -0.203. The lowest BCUT2D eigenvalue weighted by Gasteiger charge is -2.26. The third-order valence-corrected chi connectivity index (χ3v) is 4.60. The quantitative estimate of drug-likeness (QED) is 0.753. The van der Waals surface area contributed by atoms with E-state index in [1.54, 1.807) is 0 Å². The van der Waals surface area contributed by atoms with E-state index in [9.17, 15) is 14.4 Å². The molecule has 2 rings (SSSR count). The molecule has 2 fully saturated rings. The number of hydrogen-bond acceptors (Lipinski definition) is 3. The summed E-state index contributed by atoms with van der Waals surface area (Å²) in [6.07, 6.45) is 0.718. The van der Waals surface area contributed by atoms with E-state index in [1.807, 2.05) is 27.7 Å². The number of carboxylic acids is 1. The average molecular weight is 281 g/mol. The van der Waals surface area contributed by atoms with E-state index in [4.69, 9.17) is 5.11 Å². The van der Waals surface area contributed by atoms with E-state index in [0.29, 0.717) is 12.3 Å². The number of likely N-dealkylation sites (tertiary alicyclic amines) is 1. The summed E-state index contributed by atoms with van der Waals surface area (Å²) in [5.74, 6) is -1.26. The molecular formula is C15H23NO4. The number of piperidine rings is 1. The van der Waals surface area contributed by atoms with Gasteiger partial charge in [0.2, 0.25) is 11.8 Å². The van der Waals surface area contributed by atoms with Gasteiger partial charge in [-0.3, -0.25) is 19.3 Å². The van der Waals surface area contributed by atoms with Crippen molar-refractivity contribution in [1.82, 2.24) is 4.90 Å². The number of amides is 2. The number of nitrogens with zero attached hydrogens (tertiary/aromatic N) is 1. The van der Waals surface area contributed by atoms with Crippen LogP contribution in [0, 0.1) is 29.1 Å². The third kappa shape index (κ3) is 2.45. The Morgan fingerprint density at radius 2 is 1.75 bits per heavy atom. The zero-order valence-corrected chi connectivity index (χ0v) is 12.5. The van der Waals surface area contributed by atoms with Crippen molar-refractivity contribution >= 4 is 17.8 Å². The van der Waals surface area contributed by atoms with Crippen LogP contribution < -0.4 is 0 Å². The average Bonchev–Trinajstić information content (AvgIpc) is 2.74. The lowest BCUT2D eigenvalue weighted by atomic mass is 9.93. The van der Waals surface area contributed by atoms with Crippen LogP contribution in [0.4, 0.5) is 0 Å². The van der Waals surface area contributed by atoms with Crippen LogP contribution in [0.2, 0.25) is 0 Å². The van der Waals surface area contributed by atoms with Crippen molar-refractivity contribution in [3.63, 3.8) is 0 Å². The molecule has 1 heterocycles. The number of carbonyl (C=O) groups excluding carboxylic acids is 2. The number of rotatable bonds is 6. The number of fused-ring (bicyclic) bond motifs is 1. The minimum absolute atomic E-state index is 0.00790. The standard InChI is InChI=1S/C15H23NO4/c1-8(2)5-9(6-10(17)18)7-16-13(19)11-12(14(16)20)15(11,3)4/h8-9,11-12H,5-7H2,1-4H3,(H,17,18). The largest absolute Gasteiger partial charge is 0.481 e. The Kier molecular flexibility index (Phi) is 3.65. The fourth-order valence-corrected chi connectivity index (χ4v) is 3.58. The van der Waals surface area contributed by atoms with Gasteiger partial charge in [0, 0.05) is 13.0 Å². The summed E-state index contributed by atoms with van der Waals surface area (Å²) in [6.45, 7) is 8.17. The van der Waals surface area contributed by atoms with Gasteiger partial charge in [-0.2, -0.15) is 0 Å². The zero-order chi connectivity index (χ0) is 15.2. The highest BCUT2D eigenvalue weighted by Gasteiger charge is 2.72. The van der Waals surface area contributed by atoms with Gasteiger partial charge in [-0.15, -0.1) is 0 Å². The monoisotopic (exact) mass is 281 g/mol. The van der Waals surface area contributed by atoms with Crippen LogP contribution in [0.25, 0.3) is 0 Å². The lowest BCUT2D eigenvalue weighted by molar-refractivity contribution is -0.146. The van der Waals surface area contributed by atoms with Gasteiger partial charge >= 0.3 is 5.97 Å². The van der Waals surface area contributed by atoms with Crippen molar-refractivity contribution in [3.8, 4) is 0 Å². The van der Waals surface area contributed by atoms with Crippen molar-refractivity contribution in [2.24, 2.45) is 29.1 Å². The number of carbonyl (C=O) groups is 3. The molecule has 3 unspecified atom stereocenters. The first kappa shape index (κ1) is 15.0. The Bertz CT molecular complexity index is 431. The number of aliphatic carboxylic acids is 1. The summed E-state index contributed by atoms with van der Waals surface area (Å²) in [4.78, 5) is 36.7. The molecule has 3 atom stereocenters. The molecule has 5 heteroatoms. The maximum Gasteiger partial charge on any atom is 0.303 e. The Labute approximate surface area is 119 Å². The fraction of sp³-hybridized carbons (Fsp3) is 0.800. The fourth-order valence-electron chi connectivity index (χ4n) is 3.58. The normalized spacial score (nSPS) is 28.8. The second-order valence-electron chi connectivity index (χ2n) is 7.16. The Balaban J connectivity index is 2.03. The first-order valence-corrected chi connectivity index (χ1v) is 7.23. The van der Waals surface area contributed by atoms with Crippen LogP contribution in [-0.2, 0) is 14.4 Å². The highest BCUT2D eigenvalue weighted by molar-refractivity contribution is 6.10. The molecule has 112 valence electrons. The molecule has 0 aromatic rings. The van der Waals surface area contributed by atoms with Crippen LogP contribution in [0.3, 0.4) is 0 Å². The van der Waals surface area contributed by atoms with Crippen LogP contribution in [0.1, 0.15) is 40.5 Å². The molecule has 2 aliphatic rings. The van der Waals surface area contributed by atoms with Gasteiger partial charge in [-0.05, 0) is 23.7 Å². The van der Waals surface area contributed by atoms with E-state index < -0.39 is 5.97 Å². The summed E-state index contributed by atoms with van der Waals surface area (Å²) in [6, 6.07) is 0. The summed E-state index contributed by atoms with van der Waals surface area (Å²) >= 11 is 0. The predicted octanol–water partition coefficient (Wildman–Crippen LogP) is 1.76. The number of hydrogen-bond donors (Lipinski definition) is 1. The first-order valence-electron chi connectivity index (χ1n) is 7.23. The van der Waals surface area contributed by atoms with Gasteiger partial charge in [0.1, 0.15) is 0 Å². The van der Waals surface area contributed by atoms with Crippen LogP contribution >= 0.6 is 0 Å². The second-order valence-corrected chi connectivity index (χ2v) is 7.16. The van der Waals surface area contributed by atoms with Gasteiger partial charge in [0.15, 0.2) is 0 Å². The highest BCUT2D eigenvalue weighted by Crippen LogP contribution is 2.63. The van der Waals surface area contributed by atoms with Crippen molar-refractivity contribution < 1.29 is 19.5 Å². The minimum Gasteiger partial charge on any atom is -0.481 e. The molecule has 1 saturated carbocycles. The molecule has 0 aromatic heterocycles. The van der Waals surface area contributed by atoms with E-state index in [1.165, 1.54) is 4.90 Å². The maximum atomic E-state index is 12.2. The SMILES string of the molecule is CC(C)CC(CC(=O)O)CN1C(=O)C2C(C1=O)C2(C)C. The minimum atomic E-state index is -0.875. The molecule has 0 spiro atoms. The van der Waals surface area contributed by atoms with Crippen LogP contribution in [0.15, 0.2) is 0 Å². The van der Waals surface area contributed by atoms with Gasteiger partial charge < -0.3 is 5.11 Å². The van der Waals surface area contributed by atoms with Gasteiger partial charge in [-0.25, -0.2) is 0 Å². The van der Waals surface area contributed by atoms with Crippen molar-refractivity contribution in [3.05, 3.63) is 0 Å². The molecule has 1 N–H and O–H groups in total. The molecular weight excluding hydrogens is 258 g/mol. The van der Waals surface area contributed by atoms with Crippen LogP contribution in [-0.4, -0.2) is 34.3 Å². The van der Waals surface area contributed by atoms with Gasteiger partial charge in [0.05, 0.1) is 11.8 Å². The number of carboxylic acid groups (broad SMARTS) is 1. The Morgan fingerprint density at radius 3 is 2.15 bits per heavy atom. The van der Waals surface area contributed by atoms with Crippen LogP contribution in [0.5, 0.6) is 0 Å². The first-order chi connectivity index (χ1) is 9.16. The zero-order valence-electron chi connectivity index (χ0n) is 12.5. The van der Waals surface area contributed by atoms with E-state index in [2.05, 4.69) is 0 Å². The molecule has 2 amide bonds. The maximum absolute atomic E-state index is 12.2. The predicted molar refractivity (Wildman–Crippen MR) is 72.7 cm³/mol. The Hall–Kier alpha value is -1.39. The topological polar surface area (TPSA) is 74.7 Å². The molecule has 1 saturated heterocycles. The van der Waals surface area contributed by atoms with E-state index >= 15 is 0 Å². The number of imide groups is 1. The third-order valence-electron chi connectivity index (χ3n) is 4.60. The molecule has 1 aliphatic heterocycles. The lowest BCUT2D eigenvalue weighted by Crippen LogP contribution is -2.40. The molecule has 0 radical (unpaired) electrons. The molecule has 0 aromatic carbocycles. The summed E-state index contributed by atoms with van der Waals surface area (Å²) < 4.78 is 0. The second kappa shape index (κ2) is 4.86. The highest BCUT2D eigenvalue weighted by atomic mass is 16.4. The Morgan fingerprint density at radius 1 is 1.25 bits per heavy atom. The van der Waals surface area contributed by atoms with E-state index in [0.717, 1.165) is 0 Å². The van der Waals surface area contributed by atoms with E-state index in [-0.39, 0.29) is 47.9 Å². The molecule has 5 nitrogen and oxygen atoms in total. The molecule has 20 heavy (non-hydrogen) atoms. The molecule has 1 aliphatic carbocycles. The molecule has 0 bridgehead atoms. The summed E-state index contributed by atoms with van der Waals surface area (Å²) in [7, 11) is 0. The van der Waals surface area contributed by atoms with Crippen molar-refractivity contribution in [2.75, 3.05) is 6.54 Å². The van der Waals surface area contributed by atoms with Crippen molar-refractivity contribution in [2.45, 2.75) is 40.5 Å². The van der Waals surface area contributed by atoms with Gasteiger partial charge in [-0.1, -0.05) is 27.7 Å². The van der Waals surface area contributed by atoms with Gasteiger partial charge in [0.25, 0.3) is 0 Å².